The molecule has 0 atom stereocenters. The molecule has 0 radical (unpaired) electrons. The number of nitrogens with one attached hydrogen (secondary N) is 2. The van der Waals surface area contributed by atoms with Gasteiger partial charge in [-0.25, -0.2) is 9.67 Å². The van der Waals surface area contributed by atoms with Crippen LogP contribution in [-0.2, 0) is 6.18 Å². The number of benzene rings is 1. The molecule has 0 aliphatic carbocycles. The molecule has 1 aromatic carbocycles. The Morgan fingerprint density at radius 2 is 1.79 bits per heavy atom. The molecule has 0 aliphatic rings. The quantitative estimate of drug-likeness (QED) is 0.205. The Balaban J connectivity index is 2.10. The Kier molecular flexibility index (Phi) is 7.48. The molecule has 2 N–H and O–H groups in total. The minimum absolute atomic E-state index is 0.0135. The van der Waals surface area contributed by atoms with Crippen LogP contribution in [0, 0.1) is 6.92 Å². The maximum atomic E-state index is 13.4. The molecule has 7 nitrogen and oxygen atoms in total. The number of carbonyl (C=O) groups is 2. The van der Waals surface area contributed by atoms with Gasteiger partial charge in [-0.3, -0.25) is 9.59 Å². The summed E-state index contributed by atoms with van der Waals surface area (Å²) in [6.07, 6.45) is -3.52. The van der Waals surface area contributed by atoms with Crippen molar-refractivity contribution in [3.05, 3.63) is 69.1 Å². The molecule has 2 heterocycles. The fourth-order valence-corrected chi connectivity index (χ4v) is 3.70. The SMILES string of the molecule is Cc1cc(Cl)cc(C(=O)NC(C)(C)I)c1NC(=O)c1cc(C(F)(F)F)nn1-c1ncccc1Cl. The molecule has 0 fully saturated rings. The van der Waals surface area contributed by atoms with Crippen LogP contribution in [-0.4, -0.2) is 30.1 Å². The summed E-state index contributed by atoms with van der Waals surface area (Å²) >= 11 is 14.2. The third-order valence-electron chi connectivity index (χ3n) is 4.37. The first-order chi connectivity index (χ1) is 15.7. The Bertz CT molecular complexity index is 1270. The topological polar surface area (TPSA) is 88.9 Å². The minimum atomic E-state index is -4.82. The van der Waals surface area contributed by atoms with E-state index in [0.717, 1.165) is 0 Å². The van der Waals surface area contributed by atoms with Gasteiger partial charge in [0.1, 0.15) is 5.69 Å². The molecule has 2 aromatic heterocycles. The predicted octanol–water partition coefficient (Wildman–Crippen LogP) is 6.05. The lowest BCUT2D eigenvalue weighted by Crippen LogP contribution is -2.38. The van der Waals surface area contributed by atoms with Gasteiger partial charge in [-0.1, -0.05) is 45.8 Å². The number of aryl methyl sites for hydroxylation is 1. The zero-order valence-electron chi connectivity index (χ0n) is 17.9. The van der Waals surface area contributed by atoms with Crippen molar-refractivity contribution in [1.29, 1.82) is 0 Å². The Hall–Kier alpha value is -2.38. The van der Waals surface area contributed by atoms with Crippen molar-refractivity contribution >= 4 is 63.3 Å². The average Bonchev–Trinajstić information content (AvgIpc) is 3.14. The second-order valence-corrected chi connectivity index (χ2v) is 11.2. The van der Waals surface area contributed by atoms with Gasteiger partial charge < -0.3 is 10.6 Å². The van der Waals surface area contributed by atoms with Crippen LogP contribution < -0.4 is 10.6 Å². The third-order valence-corrected chi connectivity index (χ3v) is 5.15. The van der Waals surface area contributed by atoms with E-state index in [0.29, 0.717) is 16.3 Å². The molecule has 0 bridgehead atoms. The normalized spacial score (nSPS) is 11.9. The van der Waals surface area contributed by atoms with E-state index in [9.17, 15) is 22.8 Å². The number of nitrogens with zero attached hydrogens (tertiary/aromatic N) is 3. The van der Waals surface area contributed by atoms with E-state index < -0.39 is 32.9 Å². The van der Waals surface area contributed by atoms with Crippen LogP contribution in [0.25, 0.3) is 5.82 Å². The van der Waals surface area contributed by atoms with Gasteiger partial charge in [0.2, 0.25) is 0 Å². The number of alkyl halides is 4. The van der Waals surface area contributed by atoms with Crippen LogP contribution in [0.15, 0.2) is 36.5 Å². The van der Waals surface area contributed by atoms with E-state index in [1.54, 1.807) is 20.8 Å². The highest BCUT2D eigenvalue weighted by Gasteiger charge is 2.37. The lowest BCUT2D eigenvalue weighted by atomic mass is 10.1. The maximum Gasteiger partial charge on any atom is 0.435 e. The van der Waals surface area contributed by atoms with E-state index in [4.69, 9.17) is 23.2 Å². The molecule has 34 heavy (non-hydrogen) atoms. The Morgan fingerprint density at radius 1 is 1.12 bits per heavy atom. The van der Waals surface area contributed by atoms with E-state index in [1.165, 1.54) is 30.5 Å². The predicted molar refractivity (Wildman–Crippen MR) is 131 cm³/mol. The Morgan fingerprint density at radius 3 is 2.38 bits per heavy atom. The van der Waals surface area contributed by atoms with Gasteiger partial charge in [0.25, 0.3) is 11.8 Å². The fourth-order valence-electron chi connectivity index (χ4n) is 2.98. The standard InChI is InChI=1S/C21H17Cl2F3IN5O2/c1-10-7-11(22)8-12(18(33)30-20(2,3)27)16(10)29-19(34)14-9-15(21(24,25)26)31-32(14)17-13(23)5-4-6-28-17/h4-9H,1-3H3,(H,29,34)(H,30,33). The smallest absolute Gasteiger partial charge is 0.338 e. The van der Waals surface area contributed by atoms with Crippen LogP contribution in [0.1, 0.15) is 46.0 Å². The van der Waals surface area contributed by atoms with E-state index >= 15 is 0 Å². The van der Waals surface area contributed by atoms with Crippen LogP contribution in [0.4, 0.5) is 18.9 Å². The first-order valence-corrected chi connectivity index (χ1v) is 11.4. The highest BCUT2D eigenvalue weighted by Crippen LogP contribution is 2.32. The summed E-state index contributed by atoms with van der Waals surface area (Å²) < 4.78 is 40.3. The number of pyridine rings is 1. The van der Waals surface area contributed by atoms with Crippen LogP contribution >= 0.6 is 45.8 Å². The molecule has 0 unspecified atom stereocenters. The van der Waals surface area contributed by atoms with Gasteiger partial charge in [0.05, 0.1) is 19.8 Å². The first-order valence-electron chi connectivity index (χ1n) is 9.58. The van der Waals surface area contributed by atoms with Crippen molar-refractivity contribution in [1.82, 2.24) is 20.1 Å². The molecule has 0 aliphatic heterocycles. The van der Waals surface area contributed by atoms with E-state index in [-0.39, 0.29) is 27.1 Å². The summed E-state index contributed by atoms with van der Waals surface area (Å²) in [5.74, 6) is -1.65. The summed E-state index contributed by atoms with van der Waals surface area (Å²) in [7, 11) is 0. The van der Waals surface area contributed by atoms with Gasteiger partial charge in [0, 0.05) is 17.3 Å². The monoisotopic (exact) mass is 625 g/mol. The van der Waals surface area contributed by atoms with Crippen LogP contribution in [0.2, 0.25) is 10.0 Å². The van der Waals surface area contributed by atoms with Crippen LogP contribution in [0.3, 0.4) is 0 Å². The van der Waals surface area contributed by atoms with Crippen molar-refractivity contribution < 1.29 is 22.8 Å². The number of hydrogen-bond donors (Lipinski definition) is 2. The van der Waals surface area contributed by atoms with E-state index in [2.05, 4.69) is 20.7 Å². The first kappa shape index (κ1) is 26.2. The molecule has 0 saturated heterocycles. The van der Waals surface area contributed by atoms with Gasteiger partial charge in [-0.15, -0.1) is 0 Å². The third kappa shape index (κ3) is 5.99. The number of carbonyl (C=O) groups excluding carboxylic acids is 2. The lowest BCUT2D eigenvalue weighted by Gasteiger charge is -2.21. The van der Waals surface area contributed by atoms with Gasteiger partial charge in [-0.05, 0) is 50.6 Å². The molecule has 3 rings (SSSR count). The van der Waals surface area contributed by atoms with E-state index in [1.807, 2.05) is 22.6 Å². The van der Waals surface area contributed by atoms with Gasteiger partial charge in [-0.2, -0.15) is 18.3 Å². The summed E-state index contributed by atoms with van der Waals surface area (Å²) in [5, 5.41) is 9.01. The number of aromatic nitrogens is 3. The zero-order valence-corrected chi connectivity index (χ0v) is 21.6. The second kappa shape index (κ2) is 9.70. The summed E-state index contributed by atoms with van der Waals surface area (Å²) in [6, 6.07) is 6.33. The Labute approximate surface area is 216 Å². The summed E-state index contributed by atoms with van der Waals surface area (Å²) in [6.45, 7) is 5.12. The molecular formula is C21H17Cl2F3IN5O2. The van der Waals surface area contributed by atoms with Crippen LogP contribution in [0.5, 0.6) is 0 Å². The molecular weight excluding hydrogens is 609 g/mol. The second-order valence-electron chi connectivity index (χ2n) is 7.66. The largest absolute Gasteiger partial charge is 0.435 e. The molecule has 0 saturated carbocycles. The summed E-state index contributed by atoms with van der Waals surface area (Å²) in [5.41, 5.74) is -1.24. The van der Waals surface area contributed by atoms with Gasteiger partial charge >= 0.3 is 6.18 Å². The van der Waals surface area contributed by atoms with Gasteiger partial charge in [0.15, 0.2) is 11.5 Å². The average molecular weight is 626 g/mol. The van der Waals surface area contributed by atoms with Crippen molar-refractivity contribution in [3.8, 4) is 5.82 Å². The van der Waals surface area contributed by atoms with Crippen molar-refractivity contribution in [2.75, 3.05) is 5.32 Å². The highest BCUT2D eigenvalue weighted by molar-refractivity contribution is 14.1. The van der Waals surface area contributed by atoms with Crippen molar-refractivity contribution in [2.45, 2.75) is 30.5 Å². The molecule has 3 aromatic rings. The zero-order chi connectivity index (χ0) is 25.4. The molecule has 13 heteroatoms. The highest BCUT2D eigenvalue weighted by atomic mass is 127. The number of halogens is 6. The van der Waals surface area contributed by atoms with Crippen molar-refractivity contribution in [3.63, 3.8) is 0 Å². The number of anilines is 1. The molecule has 2 amide bonds. The number of amides is 2. The molecule has 180 valence electrons. The van der Waals surface area contributed by atoms with Crippen molar-refractivity contribution in [2.24, 2.45) is 0 Å². The minimum Gasteiger partial charge on any atom is -0.338 e. The maximum absolute atomic E-state index is 13.4. The summed E-state index contributed by atoms with van der Waals surface area (Å²) in [4.78, 5) is 30.0. The fraction of sp³-hybridized carbons (Fsp3) is 0.238. The number of rotatable bonds is 5. The lowest BCUT2D eigenvalue weighted by molar-refractivity contribution is -0.141. The molecule has 0 spiro atoms. The number of hydrogen-bond acceptors (Lipinski definition) is 4.